The molecule has 4 nitrogen and oxygen atoms in total. The van der Waals surface area contributed by atoms with Crippen LogP contribution in [0.1, 0.15) is 17.9 Å². The minimum absolute atomic E-state index is 0.0221. The summed E-state index contributed by atoms with van der Waals surface area (Å²) in [6, 6.07) is 6.05. The number of hydrogen-bond acceptors (Lipinski definition) is 3. The molecule has 0 saturated heterocycles. The number of para-hydroxylation sites is 1. The number of aldehydes is 1. The van der Waals surface area contributed by atoms with E-state index in [0.29, 0.717) is 11.8 Å². The Morgan fingerprint density at radius 1 is 1.39 bits per heavy atom. The quantitative estimate of drug-likeness (QED) is 0.348. The molecule has 1 aromatic carbocycles. The molecule has 18 heavy (non-hydrogen) atoms. The van der Waals surface area contributed by atoms with Crippen molar-refractivity contribution in [2.24, 2.45) is 0 Å². The molecule has 0 amide bonds. The van der Waals surface area contributed by atoms with E-state index in [9.17, 15) is 14.9 Å². The molecule has 7 heteroatoms. The Labute approximate surface area is 119 Å². The van der Waals surface area contributed by atoms with Crippen molar-refractivity contribution in [3.63, 3.8) is 0 Å². The molecule has 1 unspecified atom stereocenters. The molecule has 0 aliphatic rings. The van der Waals surface area contributed by atoms with E-state index in [1.54, 1.807) is 6.07 Å². The summed E-state index contributed by atoms with van der Waals surface area (Å²) in [5.41, 5.74) is 0.212. The highest BCUT2D eigenvalue weighted by Crippen LogP contribution is 2.43. The summed E-state index contributed by atoms with van der Waals surface area (Å²) in [4.78, 5) is 21.0. The highest BCUT2D eigenvalue weighted by molar-refractivity contribution is 6.50. The summed E-state index contributed by atoms with van der Waals surface area (Å²) < 4.78 is -1.46. The second-order valence-corrected chi connectivity index (χ2v) is 5.51. The lowest BCUT2D eigenvalue weighted by molar-refractivity contribution is -0.385. The molecule has 0 saturated carbocycles. The maximum Gasteiger partial charge on any atom is 0.273 e. The number of alkyl halides is 3. The third-order valence-electron chi connectivity index (χ3n) is 2.53. The van der Waals surface area contributed by atoms with Gasteiger partial charge in [0, 0.05) is 29.8 Å². The zero-order valence-corrected chi connectivity index (χ0v) is 11.5. The molecule has 0 spiro atoms. The number of rotatable bonds is 6. The maximum absolute atomic E-state index is 10.9. The highest BCUT2D eigenvalue weighted by Gasteiger charge is 2.38. The molecule has 0 radical (unpaired) electrons. The van der Waals surface area contributed by atoms with Gasteiger partial charge in [-0.1, -0.05) is 18.2 Å². The van der Waals surface area contributed by atoms with Crippen LogP contribution in [-0.2, 0) is 4.79 Å². The summed E-state index contributed by atoms with van der Waals surface area (Å²) in [6.07, 6.45) is 0.411. The van der Waals surface area contributed by atoms with Crippen LogP contribution in [-0.4, -0.2) is 21.4 Å². The normalized spacial score (nSPS) is 13.1. The first-order valence-corrected chi connectivity index (χ1v) is 6.33. The van der Waals surface area contributed by atoms with Gasteiger partial charge in [-0.3, -0.25) is 10.1 Å². The van der Waals surface area contributed by atoms with Gasteiger partial charge in [-0.2, -0.15) is 0 Å². The molecule has 0 fully saturated rings. The summed E-state index contributed by atoms with van der Waals surface area (Å²) in [5, 5.41) is 10.9. The number of nitrogens with zero attached hydrogens (tertiary/aromatic N) is 1. The number of carbonyl (C=O) groups excluding carboxylic acids is 1. The van der Waals surface area contributed by atoms with Crippen LogP contribution in [0, 0.1) is 10.1 Å². The van der Waals surface area contributed by atoms with E-state index in [1.165, 1.54) is 18.2 Å². The summed E-state index contributed by atoms with van der Waals surface area (Å²) in [5.74, 6) is -0.722. The average Bonchev–Trinajstić information content (AvgIpc) is 2.29. The van der Waals surface area contributed by atoms with Crippen LogP contribution < -0.4 is 0 Å². The van der Waals surface area contributed by atoms with E-state index >= 15 is 0 Å². The van der Waals surface area contributed by atoms with Gasteiger partial charge in [0.15, 0.2) is 0 Å². The van der Waals surface area contributed by atoms with Crippen molar-refractivity contribution in [3.05, 3.63) is 39.9 Å². The monoisotopic (exact) mass is 309 g/mol. The first kappa shape index (κ1) is 15.2. The van der Waals surface area contributed by atoms with Crippen molar-refractivity contribution in [2.45, 2.75) is 16.7 Å². The number of carbonyl (C=O) groups is 1. The Morgan fingerprint density at radius 2 is 2.00 bits per heavy atom. The molecule has 0 aliphatic carbocycles. The van der Waals surface area contributed by atoms with Gasteiger partial charge in [0.2, 0.25) is 0 Å². The number of benzene rings is 1. The zero-order valence-electron chi connectivity index (χ0n) is 9.18. The van der Waals surface area contributed by atoms with Gasteiger partial charge in [-0.05, 0) is 0 Å². The fourth-order valence-corrected chi connectivity index (χ4v) is 2.73. The Morgan fingerprint density at radius 3 is 2.50 bits per heavy atom. The van der Waals surface area contributed by atoms with Crippen LogP contribution in [0.15, 0.2) is 24.3 Å². The summed E-state index contributed by atoms with van der Waals surface area (Å²) in [6.45, 7) is 0. The van der Waals surface area contributed by atoms with Crippen LogP contribution in [0.3, 0.4) is 0 Å². The Kier molecular flexibility index (Phi) is 5.38. The second kappa shape index (κ2) is 6.36. The van der Waals surface area contributed by atoms with Crippen molar-refractivity contribution in [2.75, 3.05) is 5.88 Å². The van der Waals surface area contributed by atoms with E-state index in [2.05, 4.69) is 0 Å². The third kappa shape index (κ3) is 3.34. The maximum atomic E-state index is 10.9. The van der Waals surface area contributed by atoms with Gasteiger partial charge in [0.1, 0.15) is 10.6 Å². The van der Waals surface area contributed by atoms with E-state index in [1.807, 2.05) is 0 Å². The van der Waals surface area contributed by atoms with Crippen LogP contribution in [0.4, 0.5) is 5.69 Å². The Balaban J connectivity index is 3.24. The SMILES string of the molecule is O=CCC(Cl)(Cl)C(CCl)c1ccccc1[N+](=O)[O-]. The fraction of sp³-hybridized carbons (Fsp3) is 0.364. The molecule has 1 aromatic rings. The third-order valence-corrected chi connectivity index (χ3v) is 3.67. The minimum atomic E-state index is -1.46. The minimum Gasteiger partial charge on any atom is -0.303 e. The lowest BCUT2D eigenvalue weighted by Crippen LogP contribution is -2.26. The molecule has 0 N–H and O–H groups in total. The van der Waals surface area contributed by atoms with Crippen LogP contribution >= 0.6 is 34.8 Å². The predicted octanol–water partition coefficient (Wildman–Crippen LogP) is 3.68. The summed E-state index contributed by atoms with van der Waals surface area (Å²) in [7, 11) is 0. The first-order chi connectivity index (χ1) is 8.44. The lowest BCUT2D eigenvalue weighted by Gasteiger charge is -2.26. The van der Waals surface area contributed by atoms with Crippen LogP contribution in [0.25, 0.3) is 0 Å². The summed E-state index contributed by atoms with van der Waals surface area (Å²) >= 11 is 17.9. The first-order valence-electron chi connectivity index (χ1n) is 5.04. The number of nitro benzene ring substituents is 1. The van der Waals surface area contributed by atoms with Crippen molar-refractivity contribution < 1.29 is 9.72 Å². The van der Waals surface area contributed by atoms with Crippen LogP contribution in [0.5, 0.6) is 0 Å². The standard InChI is InChI=1S/C11H10Cl3NO3/c12-7-9(11(13,14)5-6-16)8-3-1-2-4-10(8)15(17)18/h1-4,6,9H,5,7H2. The fourth-order valence-electron chi connectivity index (χ4n) is 1.63. The number of nitro groups is 1. The topological polar surface area (TPSA) is 60.2 Å². The zero-order chi connectivity index (χ0) is 13.8. The van der Waals surface area contributed by atoms with Crippen molar-refractivity contribution in [3.8, 4) is 0 Å². The molecule has 98 valence electrons. The van der Waals surface area contributed by atoms with Gasteiger partial charge >= 0.3 is 0 Å². The molecule has 0 heterocycles. The van der Waals surface area contributed by atoms with Gasteiger partial charge in [-0.25, -0.2) is 0 Å². The Bertz CT molecular complexity index is 451. The van der Waals surface area contributed by atoms with E-state index in [0.717, 1.165) is 0 Å². The van der Waals surface area contributed by atoms with Gasteiger partial charge in [0.25, 0.3) is 5.69 Å². The number of hydrogen-bond donors (Lipinski definition) is 0. The average molecular weight is 311 g/mol. The molecule has 0 aromatic heterocycles. The van der Waals surface area contributed by atoms with Crippen molar-refractivity contribution in [1.82, 2.24) is 0 Å². The van der Waals surface area contributed by atoms with Crippen LogP contribution in [0.2, 0.25) is 0 Å². The van der Waals surface area contributed by atoms with E-state index in [-0.39, 0.29) is 18.0 Å². The highest BCUT2D eigenvalue weighted by atomic mass is 35.5. The van der Waals surface area contributed by atoms with Gasteiger partial charge in [-0.15, -0.1) is 34.8 Å². The molecular formula is C11H10Cl3NO3. The predicted molar refractivity (Wildman–Crippen MR) is 71.7 cm³/mol. The molecule has 1 rings (SSSR count). The molecule has 1 atom stereocenters. The van der Waals surface area contributed by atoms with E-state index < -0.39 is 15.2 Å². The lowest BCUT2D eigenvalue weighted by atomic mass is 9.93. The molecular weight excluding hydrogens is 300 g/mol. The van der Waals surface area contributed by atoms with Crippen molar-refractivity contribution in [1.29, 1.82) is 0 Å². The number of halogens is 3. The van der Waals surface area contributed by atoms with Gasteiger partial charge in [0.05, 0.1) is 4.92 Å². The second-order valence-electron chi connectivity index (χ2n) is 3.65. The Hall–Kier alpha value is -0.840. The van der Waals surface area contributed by atoms with Gasteiger partial charge < -0.3 is 4.79 Å². The smallest absolute Gasteiger partial charge is 0.273 e. The molecule has 0 aliphatic heterocycles. The van der Waals surface area contributed by atoms with E-state index in [4.69, 9.17) is 34.8 Å². The largest absolute Gasteiger partial charge is 0.303 e. The molecule has 0 bridgehead atoms. The van der Waals surface area contributed by atoms with Crippen molar-refractivity contribution >= 4 is 46.8 Å².